The number of rotatable bonds is 1. The first-order valence-electron chi connectivity index (χ1n) is 4.97. The van der Waals surface area contributed by atoms with Crippen molar-refractivity contribution in [3.63, 3.8) is 0 Å². The molecule has 1 atom stereocenters. The average molecular weight is 241 g/mol. The molecule has 3 rings (SSSR count). The summed E-state index contributed by atoms with van der Waals surface area (Å²) in [4.78, 5) is 0. The van der Waals surface area contributed by atoms with Crippen LogP contribution in [0.4, 0.5) is 0 Å². The molecule has 0 aliphatic heterocycles. The van der Waals surface area contributed by atoms with E-state index in [2.05, 4.69) is 31.9 Å². The van der Waals surface area contributed by atoms with Gasteiger partial charge >= 0.3 is 0 Å². The van der Waals surface area contributed by atoms with Crippen LogP contribution in [0.25, 0.3) is 0 Å². The van der Waals surface area contributed by atoms with Crippen molar-refractivity contribution in [3.8, 4) is 0 Å². The molecule has 0 amide bonds. The van der Waals surface area contributed by atoms with Crippen LogP contribution in [0.1, 0.15) is 38.1 Å². The first kappa shape index (κ1) is 8.04. The molecule has 13 heavy (non-hydrogen) atoms. The molecule has 70 valence electrons. The zero-order valence-electron chi connectivity index (χ0n) is 7.54. The summed E-state index contributed by atoms with van der Waals surface area (Å²) < 4.78 is 3.24. The maximum atomic E-state index is 4.36. The first-order chi connectivity index (χ1) is 6.27. The molecule has 0 aromatic carbocycles. The van der Waals surface area contributed by atoms with Crippen molar-refractivity contribution in [2.45, 2.75) is 38.1 Å². The lowest BCUT2D eigenvalue weighted by Crippen LogP contribution is -2.05. The van der Waals surface area contributed by atoms with Crippen LogP contribution in [-0.2, 0) is 0 Å². The van der Waals surface area contributed by atoms with Crippen LogP contribution < -0.4 is 0 Å². The van der Waals surface area contributed by atoms with Crippen molar-refractivity contribution in [1.82, 2.24) is 9.78 Å². The molecule has 0 saturated heterocycles. The summed E-state index contributed by atoms with van der Waals surface area (Å²) in [5.41, 5.74) is 0.753. The minimum Gasteiger partial charge on any atom is -0.269 e. The number of hydrogen-bond acceptors (Lipinski definition) is 1. The third-order valence-electron chi connectivity index (χ3n) is 3.58. The lowest BCUT2D eigenvalue weighted by Gasteiger charge is -2.10. The summed E-state index contributed by atoms with van der Waals surface area (Å²) in [5.74, 6) is 0. The maximum absolute atomic E-state index is 4.36. The van der Waals surface area contributed by atoms with Gasteiger partial charge in [-0.25, -0.2) is 0 Å². The van der Waals surface area contributed by atoms with Gasteiger partial charge in [0.1, 0.15) is 0 Å². The predicted octanol–water partition coefficient (Wildman–Crippen LogP) is 3.15. The fourth-order valence-electron chi connectivity index (χ4n) is 2.55. The molecule has 1 spiro atoms. The number of aromatic nitrogens is 2. The van der Waals surface area contributed by atoms with Gasteiger partial charge in [-0.05, 0) is 53.4 Å². The van der Waals surface area contributed by atoms with Gasteiger partial charge in [0.25, 0.3) is 0 Å². The molecule has 2 nitrogen and oxygen atoms in total. The highest BCUT2D eigenvalue weighted by molar-refractivity contribution is 9.10. The Morgan fingerprint density at radius 3 is 2.85 bits per heavy atom. The summed E-state index contributed by atoms with van der Waals surface area (Å²) in [7, 11) is 0. The second kappa shape index (κ2) is 2.59. The van der Waals surface area contributed by atoms with Crippen molar-refractivity contribution < 1.29 is 0 Å². The third kappa shape index (κ3) is 1.33. The molecule has 2 saturated carbocycles. The Balaban J connectivity index is 1.80. The number of halogens is 1. The van der Waals surface area contributed by atoms with Gasteiger partial charge in [0.2, 0.25) is 0 Å². The lowest BCUT2D eigenvalue weighted by atomic mass is 10.1. The zero-order chi connectivity index (χ0) is 8.89. The molecule has 1 aromatic rings. The van der Waals surface area contributed by atoms with Gasteiger partial charge in [-0.3, -0.25) is 4.68 Å². The predicted molar refractivity (Wildman–Crippen MR) is 54.5 cm³/mol. The molecule has 3 heteroatoms. The lowest BCUT2D eigenvalue weighted by molar-refractivity contribution is 0.432. The van der Waals surface area contributed by atoms with E-state index in [1.54, 1.807) is 0 Å². The first-order valence-corrected chi connectivity index (χ1v) is 5.76. The van der Waals surface area contributed by atoms with Crippen LogP contribution in [0.3, 0.4) is 0 Å². The Labute approximate surface area is 86.4 Å². The van der Waals surface area contributed by atoms with Crippen molar-refractivity contribution >= 4 is 15.9 Å². The highest BCUT2D eigenvalue weighted by atomic mass is 79.9. The van der Waals surface area contributed by atoms with Gasteiger partial charge in [-0.2, -0.15) is 5.10 Å². The van der Waals surface area contributed by atoms with Crippen molar-refractivity contribution in [1.29, 1.82) is 0 Å². The van der Waals surface area contributed by atoms with Gasteiger partial charge < -0.3 is 0 Å². The Hall–Kier alpha value is -0.310. The van der Waals surface area contributed by atoms with E-state index in [1.807, 2.05) is 6.20 Å². The Kier molecular flexibility index (Phi) is 1.60. The summed E-state index contributed by atoms with van der Waals surface area (Å²) in [5, 5.41) is 4.36. The van der Waals surface area contributed by atoms with Crippen LogP contribution in [0.15, 0.2) is 16.9 Å². The van der Waals surface area contributed by atoms with E-state index in [0.717, 1.165) is 9.89 Å². The summed E-state index contributed by atoms with van der Waals surface area (Å²) >= 11 is 3.44. The Morgan fingerprint density at radius 2 is 2.31 bits per heavy atom. The average Bonchev–Trinajstić information content (AvgIpc) is 2.55. The van der Waals surface area contributed by atoms with Gasteiger partial charge in [0, 0.05) is 6.20 Å². The van der Waals surface area contributed by atoms with E-state index >= 15 is 0 Å². The van der Waals surface area contributed by atoms with Gasteiger partial charge in [0.15, 0.2) is 0 Å². The third-order valence-corrected chi connectivity index (χ3v) is 3.99. The van der Waals surface area contributed by atoms with E-state index in [9.17, 15) is 0 Å². The second-order valence-electron chi connectivity index (χ2n) is 4.54. The SMILES string of the molecule is Brc1cnn(C2CCC3(CC3)C2)c1. The number of hydrogen-bond donors (Lipinski definition) is 0. The quantitative estimate of drug-likeness (QED) is 0.738. The molecule has 1 heterocycles. The molecular weight excluding hydrogens is 228 g/mol. The largest absolute Gasteiger partial charge is 0.269 e. The molecule has 1 unspecified atom stereocenters. The van der Waals surface area contributed by atoms with Crippen LogP contribution in [0, 0.1) is 5.41 Å². The Bertz CT molecular complexity index is 327. The zero-order valence-corrected chi connectivity index (χ0v) is 9.13. The summed E-state index contributed by atoms with van der Waals surface area (Å²) in [6.45, 7) is 0. The topological polar surface area (TPSA) is 17.8 Å². The molecule has 2 aliphatic rings. The second-order valence-corrected chi connectivity index (χ2v) is 5.45. The molecule has 2 aliphatic carbocycles. The summed E-state index contributed by atoms with van der Waals surface area (Å²) in [6.07, 6.45) is 11.0. The highest BCUT2D eigenvalue weighted by Gasteiger charge is 2.48. The standard InChI is InChI=1S/C10H13BrN2/c11-8-6-12-13(7-8)9-1-2-10(5-9)3-4-10/h6-7,9H,1-5H2. The van der Waals surface area contributed by atoms with E-state index < -0.39 is 0 Å². The van der Waals surface area contributed by atoms with E-state index in [-0.39, 0.29) is 0 Å². The summed E-state index contributed by atoms with van der Waals surface area (Å²) in [6, 6.07) is 0.675. The molecule has 2 fully saturated rings. The molecular formula is C10H13BrN2. The highest BCUT2D eigenvalue weighted by Crippen LogP contribution is 2.60. The van der Waals surface area contributed by atoms with Crippen molar-refractivity contribution in [3.05, 3.63) is 16.9 Å². The molecule has 0 bridgehead atoms. The molecule has 1 aromatic heterocycles. The van der Waals surface area contributed by atoms with E-state index in [0.29, 0.717) is 6.04 Å². The fraction of sp³-hybridized carbons (Fsp3) is 0.700. The van der Waals surface area contributed by atoms with Gasteiger partial charge in [0.05, 0.1) is 16.7 Å². The fourth-order valence-corrected chi connectivity index (χ4v) is 2.85. The van der Waals surface area contributed by atoms with E-state index in [4.69, 9.17) is 0 Å². The smallest absolute Gasteiger partial charge is 0.0632 e. The minimum atomic E-state index is 0.675. The monoisotopic (exact) mass is 240 g/mol. The van der Waals surface area contributed by atoms with Crippen molar-refractivity contribution in [2.75, 3.05) is 0 Å². The minimum absolute atomic E-state index is 0.675. The van der Waals surface area contributed by atoms with Crippen LogP contribution in [0.2, 0.25) is 0 Å². The van der Waals surface area contributed by atoms with Crippen LogP contribution in [0.5, 0.6) is 0 Å². The maximum Gasteiger partial charge on any atom is 0.0632 e. The molecule has 0 N–H and O–H groups in total. The number of nitrogens with zero attached hydrogens (tertiary/aromatic N) is 2. The normalized spacial score (nSPS) is 29.8. The van der Waals surface area contributed by atoms with Gasteiger partial charge in [-0.1, -0.05) is 0 Å². The van der Waals surface area contributed by atoms with Crippen LogP contribution >= 0.6 is 15.9 Å². The Morgan fingerprint density at radius 1 is 1.46 bits per heavy atom. The molecule has 0 radical (unpaired) electrons. The van der Waals surface area contributed by atoms with Crippen LogP contribution in [-0.4, -0.2) is 9.78 Å². The van der Waals surface area contributed by atoms with E-state index in [1.165, 1.54) is 32.1 Å². The van der Waals surface area contributed by atoms with Gasteiger partial charge in [-0.15, -0.1) is 0 Å². The van der Waals surface area contributed by atoms with Crippen molar-refractivity contribution in [2.24, 2.45) is 5.41 Å².